The van der Waals surface area contributed by atoms with Crippen molar-refractivity contribution >= 4 is 22.7 Å². The Hall–Kier alpha value is -3.88. The average molecular weight is 535 g/mol. The number of ketones is 1. The summed E-state index contributed by atoms with van der Waals surface area (Å²) < 4.78 is 33.2. The van der Waals surface area contributed by atoms with E-state index < -0.39 is 29.7 Å². The molecule has 3 N–H and O–H groups in total. The van der Waals surface area contributed by atoms with Gasteiger partial charge in [-0.3, -0.25) is 9.59 Å². The van der Waals surface area contributed by atoms with Crippen LogP contribution in [0.1, 0.15) is 47.0 Å². The summed E-state index contributed by atoms with van der Waals surface area (Å²) in [6.07, 6.45) is -0.358. The molecule has 0 saturated heterocycles. The summed E-state index contributed by atoms with van der Waals surface area (Å²) in [5.41, 5.74) is 3.14. The molecule has 8 heteroatoms. The first-order valence-corrected chi connectivity index (χ1v) is 13.0. The number of halogens is 2. The lowest BCUT2D eigenvalue weighted by molar-refractivity contribution is -0.122. The molecule has 0 aliphatic carbocycles. The number of aryl methyl sites for hydroxylation is 1. The molecule has 39 heavy (non-hydrogen) atoms. The average Bonchev–Trinajstić information content (AvgIpc) is 3.35. The molecule has 0 radical (unpaired) electrons. The van der Waals surface area contributed by atoms with E-state index in [1.165, 1.54) is 17.7 Å². The van der Waals surface area contributed by atoms with Crippen LogP contribution in [0, 0.1) is 11.6 Å². The Labute approximate surface area is 226 Å². The highest BCUT2D eigenvalue weighted by molar-refractivity contribution is 5.99. The zero-order chi connectivity index (χ0) is 27.8. The summed E-state index contributed by atoms with van der Waals surface area (Å²) in [6, 6.07) is 19.2. The molecule has 1 heterocycles. The number of amides is 1. The lowest BCUT2D eigenvalue weighted by Crippen LogP contribution is -2.48. The number of carbonyl (C=O) groups excluding carboxylic acids is 2. The molecular weight excluding hydrogens is 502 g/mol. The molecule has 4 aromatic rings. The largest absolute Gasteiger partial charge is 0.453 e. The van der Waals surface area contributed by atoms with E-state index in [9.17, 15) is 23.5 Å². The van der Waals surface area contributed by atoms with E-state index in [0.717, 1.165) is 23.4 Å². The molecule has 0 saturated carbocycles. The fourth-order valence-corrected chi connectivity index (χ4v) is 4.48. The smallest absolute Gasteiger partial charge is 0.220 e. The second-order valence-electron chi connectivity index (χ2n) is 9.60. The van der Waals surface area contributed by atoms with Gasteiger partial charge in [0, 0.05) is 37.4 Å². The van der Waals surface area contributed by atoms with Gasteiger partial charge in [-0.2, -0.15) is 0 Å². The molecule has 0 bridgehead atoms. The Morgan fingerprint density at radius 3 is 2.38 bits per heavy atom. The van der Waals surface area contributed by atoms with Gasteiger partial charge in [0.1, 0.15) is 17.2 Å². The van der Waals surface area contributed by atoms with Crippen LogP contribution >= 0.6 is 0 Å². The van der Waals surface area contributed by atoms with Gasteiger partial charge < -0.3 is 20.2 Å². The number of furan rings is 1. The number of carbonyl (C=O) groups is 2. The van der Waals surface area contributed by atoms with Gasteiger partial charge in [0.15, 0.2) is 11.5 Å². The second kappa shape index (κ2) is 13.3. The van der Waals surface area contributed by atoms with Gasteiger partial charge in [0.2, 0.25) is 5.91 Å². The van der Waals surface area contributed by atoms with Crippen molar-refractivity contribution in [1.29, 1.82) is 0 Å². The van der Waals surface area contributed by atoms with Crippen LogP contribution in [0.15, 0.2) is 77.2 Å². The van der Waals surface area contributed by atoms with Crippen molar-refractivity contribution in [2.24, 2.45) is 0 Å². The topological polar surface area (TPSA) is 91.6 Å². The number of fused-ring (bicyclic) bond motifs is 1. The maximum absolute atomic E-state index is 13.8. The first-order valence-electron chi connectivity index (χ1n) is 13.0. The van der Waals surface area contributed by atoms with Crippen molar-refractivity contribution in [1.82, 2.24) is 10.6 Å². The highest BCUT2D eigenvalue weighted by atomic mass is 19.1. The molecule has 6 nitrogen and oxygen atoms in total. The number of aliphatic hydroxyl groups excluding tert-OH is 1. The van der Waals surface area contributed by atoms with Crippen molar-refractivity contribution < 1.29 is 27.9 Å². The van der Waals surface area contributed by atoms with Crippen LogP contribution < -0.4 is 10.6 Å². The van der Waals surface area contributed by atoms with E-state index in [-0.39, 0.29) is 37.4 Å². The Kier molecular flexibility index (Phi) is 9.57. The van der Waals surface area contributed by atoms with Gasteiger partial charge in [-0.05, 0) is 53.8 Å². The summed E-state index contributed by atoms with van der Waals surface area (Å²) in [7, 11) is 0. The third kappa shape index (κ3) is 8.05. The molecule has 3 aromatic carbocycles. The number of nitrogens with one attached hydrogen (secondary N) is 2. The van der Waals surface area contributed by atoms with Crippen molar-refractivity contribution in [2.45, 2.75) is 51.3 Å². The predicted molar refractivity (Wildman–Crippen MR) is 145 cm³/mol. The van der Waals surface area contributed by atoms with E-state index in [1.54, 1.807) is 18.2 Å². The van der Waals surface area contributed by atoms with Crippen LogP contribution in [0.5, 0.6) is 0 Å². The van der Waals surface area contributed by atoms with Crippen molar-refractivity contribution in [2.75, 3.05) is 6.54 Å². The SMILES string of the molecule is CCc1cccc(CNC[C@@H](O)[C@H](Cc2cc(F)cc(F)c2)NC(=O)CCC(=O)c2cc3ccccc3o2)c1. The number of para-hydroxylation sites is 1. The van der Waals surface area contributed by atoms with Crippen molar-refractivity contribution in [3.63, 3.8) is 0 Å². The maximum Gasteiger partial charge on any atom is 0.220 e. The molecule has 0 fully saturated rings. The Bertz CT molecular complexity index is 1380. The van der Waals surface area contributed by atoms with E-state index in [2.05, 4.69) is 23.6 Å². The first kappa shape index (κ1) is 28.1. The molecule has 1 amide bonds. The van der Waals surface area contributed by atoms with Crippen molar-refractivity contribution in [3.05, 3.63) is 107 Å². The molecule has 0 spiro atoms. The summed E-state index contributed by atoms with van der Waals surface area (Å²) >= 11 is 0. The van der Waals surface area contributed by atoms with Gasteiger partial charge in [-0.25, -0.2) is 8.78 Å². The Balaban J connectivity index is 1.37. The zero-order valence-electron chi connectivity index (χ0n) is 21.8. The zero-order valence-corrected chi connectivity index (χ0v) is 21.8. The predicted octanol–water partition coefficient (Wildman–Crippen LogP) is 5.11. The minimum Gasteiger partial charge on any atom is -0.453 e. The van der Waals surface area contributed by atoms with Crippen LogP contribution in [0.3, 0.4) is 0 Å². The van der Waals surface area contributed by atoms with E-state index in [4.69, 9.17) is 4.42 Å². The number of aliphatic hydroxyl groups is 1. The molecule has 4 rings (SSSR count). The summed E-state index contributed by atoms with van der Waals surface area (Å²) in [5.74, 6) is -2.09. The van der Waals surface area contributed by atoms with Gasteiger partial charge >= 0.3 is 0 Å². The molecule has 1 aromatic heterocycles. The molecule has 0 aliphatic rings. The van der Waals surface area contributed by atoms with Crippen molar-refractivity contribution in [3.8, 4) is 0 Å². The number of hydrogen-bond donors (Lipinski definition) is 3. The fraction of sp³-hybridized carbons (Fsp3) is 0.290. The Morgan fingerprint density at radius 2 is 1.64 bits per heavy atom. The highest BCUT2D eigenvalue weighted by Crippen LogP contribution is 2.20. The molecule has 0 unspecified atom stereocenters. The van der Waals surface area contributed by atoms with Crippen LogP contribution in [-0.4, -0.2) is 35.5 Å². The summed E-state index contributed by atoms with van der Waals surface area (Å²) in [4.78, 5) is 25.4. The van der Waals surface area contributed by atoms with Crippen LogP contribution in [0.25, 0.3) is 11.0 Å². The third-order valence-corrected chi connectivity index (χ3v) is 6.55. The quantitative estimate of drug-likeness (QED) is 0.207. The fourth-order valence-electron chi connectivity index (χ4n) is 4.48. The highest BCUT2D eigenvalue weighted by Gasteiger charge is 2.23. The van der Waals surface area contributed by atoms with Gasteiger partial charge in [0.05, 0.1) is 12.1 Å². The lowest BCUT2D eigenvalue weighted by Gasteiger charge is -2.25. The summed E-state index contributed by atoms with van der Waals surface area (Å²) in [6.45, 7) is 2.71. The number of hydrogen-bond acceptors (Lipinski definition) is 5. The first-order chi connectivity index (χ1) is 18.8. The minimum absolute atomic E-state index is 0.00606. The van der Waals surface area contributed by atoms with Gasteiger partial charge in [0.25, 0.3) is 0 Å². The van der Waals surface area contributed by atoms with E-state index in [0.29, 0.717) is 17.7 Å². The minimum atomic E-state index is -1.05. The lowest BCUT2D eigenvalue weighted by atomic mass is 10.00. The van der Waals surface area contributed by atoms with Crippen LogP contribution in [0.4, 0.5) is 8.78 Å². The monoisotopic (exact) mass is 534 g/mol. The number of benzene rings is 3. The molecule has 2 atom stereocenters. The van der Waals surface area contributed by atoms with Crippen LogP contribution in [-0.2, 0) is 24.2 Å². The van der Waals surface area contributed by atoms with E-state index >= 15 is 0 Å². The van der Waals surface area contributed by atoms with Crippen LogP contribution in [0.2, 0.25) is 0 Å². The second-order valence-corrected chi connectivity index (χ2v) is 9.60. The standard InChI is InChI=1S/C31H32F2N2O4/c1-2-20-6-5-7-21(12-20)18-34-19-28(37)26(15-22-13-24(32)17-25(33)14-22)35-31(38)11-10-27(36)30-16-23-8-3-4-9-29(23)39-30/h3-9,12-14,16-17,26,28,34,37H,2,10-11,15,18-19H2,1H3,(H,35,38)/t26-,28+/m0/s1. The van der Waals surface area contributed by atoms with Gasteiger partial charge in [-0.1, -0.05) is 49.4 Å². The molecule has 204 valence electrons. The third-order valence-electron chi connectivity index (χ3n) is 6.55. The number of Topliss-reactive ketones (excluding diaryl/α,β-unsaturated/α-hetero) is 1. The van der Waals surface area contributed by atoms with Gasteiger partial charge in [-0.15, -0.1) is 0 Å². The molecule has 0 aliphatic heterocycles. The summed E-state index contributed by atoms with van der Waals surface area (Å²) in [5, 5.41) is 17.7. The molecular formula is C31H32F2N2O4. The van der Waals surface area contributed by atoms with E-state index in [1.807, 2.05) is 30.3 Å². The normalized spacial score (nSPS) is 12.8. The number of rotatable bonds is 13. The maximum atomic E-state index is 13.8. The Morgan fingerprint density at radius 1 is 0.897 bits per heavy atom.